The van der Waals surface area contributed by atoms with Crippen molar-refractivity contribution in [2.45, 2.75) is 33.6 Å². The number of aliphatic carboxylic acids is 1. The highest BCUT2D eigenvalue weighted by atomic mass is 16.4. The molecule has 2 heteroatoms. The van der Waals surface area contributed by atoms with Crippen LogP contribution in [0.15, 0.2) is 0 Å². The molecule has 0 aromatic heterocycles. The van der Waals surface area contributed by atoms with Gasteiger partial charge in [0.05, 0.1) is 5.92 Å². The van der Waals surface area contributed by atoms with Crippen LogP contribution >= 0.6 is 0 Å². The van der Waals surface area contributed by atoms with Crippen molar-refractivity contribution in [1.29, 1.82) is 0 Å². The van der Waals surface area contributed by atoms with Gasteiger partial charge in [0.1, 0.15) is 0 Å². The molecule has 0 aliphatic heterocycles. The topological polar surface area (TPSA) is 37.3 Å². The first-order valence-corrected chi connectivity index (χ1v) is 4.75. The van der Waals surface area contributed by atoms with Crippen molar-refractivity contribution in [2.24, 2.45) is 23.7 Å². The molecule has 1 aliphatic rings. The fourth-order valence-corrected chi connectivity index (χ4v) is 1.86. The van der Waals surface area contributed by atoms with Gasteiger partial charge in [0.25, 0.3) is 0 Å². The summed E-state index contributed by atoms with van der Waals surface area (Å²) in [5.74, 6) is 1.16. The Morgan fingerprint density at radius 1 is 1.25 bits per heavy atom. The van der Waals surface area contributed by atoms with Crippen LogP contribution in [0.5, 0.6) is 0 Å². The summed E-state index contributed by atoms with van der Waals surface area (Å²) in [7, 11) is 0. The number of rotatable bonds is 3. The molecule has 1 aliphatic carbocycles. The minimum atomic E-state index is -0.637. The van der Waals surface area contributed by atoms with E-state index >= 15 is 0 Å². The van der Waals surface area contributed by atoms with E-state index in [0.717, 1.165) is 24.7 Å². The smallest absolute Gasteiger partial charge is 0.306 e. The second-order valence-electron chi connectivity index (χ2n) is 4.36. The quantitative estimate of drug-likeness (QED) is 0.706. The molecule has 1 rings (SSSR count). The van der Waals surface area contributed by atoms with E-state index in [1.54, 1.807) is 0 Å². The average molecular weight is 170 g/mol. The van der Waals surface area contributed by atoms with Gasteiger partial charge in [0.15, 0.2) is 0 Å². The van der Waals surface area contributed by atoms with Crippen LogP contribution in [0.1, 0.15) is 33.6 Å². The Morgan fingerprint density at radius 2 is 1.75 bits per heavy atom. The third-order valence-electron chi connectivity index (χ3n) is 3.25. The number of carboxylic acids is 1. The summed E-state index contributed by atoms with van der Waals surface area (Å²) in [4.78, 5) is 10.6. The first kappa shape index (κ1) is 9.56. The van der Waals surface area contributed by atoms with Crippen LogP contribution in [0.4, 0.5) is 0 Å². The van der Waals surface area contributed by atoms with Gasteiger partial charge < -0.3 is 5.11 Å². The molecule has 70 valence electrons. The molecular weight excluding hydrogens is 152 g/mol. The fourth-order valence-electron chi connectivity index (χ4n) is 1.86. The predicted molar refractivity (Wildman–Crippen MR) is 47.9 cm³/mol. The van der Waals surface area contributed by atoms with Crippen molar-refractivity contribution in [3.63, 3.8) is 0 Å². The summed E-state index contributed by atoms with van der Waals surface area (Å²) >= 11 is 0. The Balaban J connectivity index is 2.29. The fraction of sp³-hybridized carbons (Fsp3) is 0.900. The molecule has 0 aromatic rings. The highest BCUT2D eigenvalue weighted by Crippen LogP contribution is 2.42. The zero-order valence-corrected chi connectivity index (χ0v) is 8.08. The molecule has 0 amide bonds. The van der Waals surface area contributed by atoms with E-state index in [4.69, 9.17) is 5.11 Å². The summed E-state index contributed by atoms with van der Waals surface area (Å²) < 4.78 is 0. The summed E-state index contributed by atoms with van der Waals surface area (Å²) in [6.07, 6.45) is 2.23. The van der Waals surface area contributed by atoms with Crippen LogP contribution < -0.4 is 0 Å². The van der Waals surface area contributed by atoms with E-state index in [1.807, 2.05) is 6.92 Å². The lowest BCUT2D eigenvalue weighted by Gasteiger charge is -2.40. The lowest BCUT2D eigenvalue weighted by Crippen LogP contribution is -2.35. The van der Waals surface area contributed by atoms with Crippen molar-refractivity contribution < 1.29 is 9.90 Å². The van der Waals surface area contributed by atoms with Crippen molar-refractivity contribution >= 4 is 5.97 Å². The maximum absolute atomic E-state index is 10.6. The zero-order valence-electron chi connectivity index (χ0n) is 8.08. The van der Waals surface area contributed by atoms with Gasteiger partial charge in [-0.2, -0.15) is 0 Å². The molecule has 1 unspecified atom stereocenters. The van der Waals surface area contributed by atoms with E-state index in [9.17, 15) is 4.79 Å². The number of carbonyl (C=O) groups is 1. The molecule has 0 saturated heterocycles. The van der Waals surface area contributed by atoms with Gasteiger partial charge in [-0.25, -0.2) is 0 Å². The average Bonchev–Trinajstić information content (AvgIpc) is 1.82. The third-order valence-corrected chi connectivity index (χ3v) is 3.25. The lowest BCUT2D eigenvalue weighted by atomic mass is 9.65. The SMILES string of the molecule is CC(C)C1CC(C(C)C(=O)O)C1. The standard InChI is InChI=1S/C10H18O2/c1-6(2)8-4-9(5-8)7(3)10(11)12/h6-9H,4-5H2,1-3H3,(H,11,12). The lowest BCUT2D eigenvalue weighted by molar-refractivity contribution is -0.145. The van der Waals surface area contributed by atoms with Gasteiger partial charge >= 0.3 is 5.97 Å². The van der Waals surface area contributed by atoms with Crippen molar-refractivity contribution in [2.75, 3.05) is 0 Å². The molecule has 0 bridgehead atoms. The molecule has 1 saturated carbocycles. The predicted octanol–water partition coefficient (Wildman–Crippen LogP) is 2.39. The van der Waals surface area contributed by atoms with E-state index < -0.39 is 5.97 Å². The Labute approximate surface area is 74.0 Å². The van der Waals surface area contributed by atoms with Gasteiger partial charge in [-0.1, -0.05) is 20.8 Å². The second-order valence-corrected chi connectivity index (χ2v) is 4.36. The molecule has 1 N–H and O–H groups in total. The van der Waals surface area contributed by atoms with E-state index in [-0.39, 0.29) is 5.92 Å². The van der Waals surface area contributed by atoms with E-state index in [0.29, 0.717) is 5.92 Å². The Kier molecular flexibility index (Phi) is 2.76. The number of hydrogen-bond acceptors (Lipinski definition) is 1. The normalized spacial score (nSPS) is 31.3. The molecule has 1 atom stereocenters. The molecule has 2 nitrogen and oxygen atoms in total. The summed E-state index contributed by atoms with van der Waals surface area (Å²) in [6.45, 7) is 6.25. The highest BCUT2D eigenvalue weighted by Gasteiger charge is 2.37. The summed E-state index contributed by atoms with van der Waals surface area (Å²) in [6, 6.07) is 0. The largest absolute Gasteiger partial charge is 0.481 e. The van der Waals surface area contributed by atoms with E-state index in [2.05, 4.69) is 13.8 Å². The molecule has 12 heavy (non-hydrogen) atoms. The third kappa shape index (κ3) is 1.79. The Hall–Kier alpha value is -0.530. The minimum absolute atomic E-state index is 0.139. The zero-order chi connectivity index (χ0) is 9.30. The van der Waals surface area contributed by atoms with Crippen LogP contribution in [0.25, 0.3) is 0 Å². The summed E-state index contributed by atoms with van der Waals surface area (Å²) in [5, 5.41) is 8.74. The molecule has 0 heterocycles. The highest BCUT2D eigenvalue weighted by molar-refractivity contribution is 5.70. The molecule has 0 spiro atoms. The maximum atomic E-state index is 10.6. The Morgan fingerprint density at radius 3 is 2.08 bits per heavy atom. The van der Waals surface area contributed by atoms with Gasteiger partial charge in [-0.15, -0.1) is 0 Å². The van der Waals surface area contributed by atoms with Crippen molar-refractivity contribution in [1.82, 2.24) is 0 Å². The van der Waals surface area contributed by atoms with E-state index in [1.165, 1.54) is 0 Å². The van der Waals surface area contributed by atoms with Crippen LogP contribution in [-0.2, 0) is 4.79 Å². The first-order valence-electron chi connectivity index (χ1n) is 4.75. The van der Waals surface area contributed by atoms with Gasteiger partial charge in [-0.3, -0.25) is 4.79 Å². The minimum Gasteiger partial charge on any atom is -0.481 e. The first-order chi connectivity index (χ1) is 5.52. The molecule has 0 aromatic carbocycles. The van der Waals surface area contributed by atoms with Crippen molar-refractivity contribution in [3.05, 3.63) is 0 Å². The second kappa shape index (κ2) is 3.46. The van der Waals surface area contributed by atoms with Crippen LogP contribution in [-0.4, -0.2) is 11.1 Å². The number of carboxylic acid groups (broad SMARTS) is 1. The van der Waals surface area contributed by atoms with Crippen LogP contribution in [0, 0.1) is 23.7 Å². The van der Waals surface area contributed by atoms with Crippen LogP contribution in [0.2, 0.25) is 0 Å². The van der Waals surface area contributed by atoms with Crippen molar-refractivity contribution in [3.8, 4) is 0 Å². The van der Waals surface area contributed by atoms with Gasteiger partial charge in [-0.05, 0) is 30.6 Å². The molecule has 1 fully saturated rings. The summed E-state index contributed by atoms with van der Waals surface area (Å²) in [5.41, 5.74) is 0. The van der Waals surface area contributed by atoms with Crippen LogP contribution in [0.3, 0.4) is 0 Å². The number of hydrogen-bond donors (Lipinski definition) is 1. The van der Waals surface area contributed by atoms with Gasteiger partial charge in [0, 0.05) is 0 Å². The molecule has 0 radical (unpaired) electrons. The molecular formula is C10H18O2. The Bertz CT molecular complexity index is 169. The van der Waals surface area contributed by atoms with Gasteiger partial charge in [0.2, 0.25) is 0 Å². The maximum Gasteiger partial charge on any atom is 0.306 e. The monoisotopic (exact) mass is 170 g/mol.